The van der Waals surface area contributed by atoms with E-state index in [-0.39, 0.29) is 6.42 Å². The Morgan fingerprint density at radius 3 is 0.696 bits per heavy atom. The molecule has 10 heteroatoms. The monoisotopic (exact) mass is 347 g/mol. The lowest BCUT2D eigenvalue weighted by Crippen LogP contribution is -2.11. The molecule has 0 unspecified atom stereocenters. The number of rotatable bonds is 2. The van der Waals surface area contributed by atoms with E-state index in [0.717, 1.165) is 0 Å². The Bertz CT molecular complexity index is 686. The van der Waals surface area contributed by atoms with Gasteiger partial charge in [-0.3, -0.25) is 0 Å². The first-order valence-corrected chi connectivity index (χ1v) is 5.47. The minimum absolute atomic E-state index is 0.369. The molecule has 123 valence electrons. The quantitative estimate of drug-likeness (QED) is 0.421. The predicted molar refractivity (Wildman–Crippen MR) is 55.0 cm³/mol. The molecule has 2 rings (SSSR count). The molecular formula is C13HF10. The summed E-state index contributed by atoms with van der Waals surface area (Å²) in [5.74, 6) is -24.9. The van der Waals surface area contributed by atoms with Crippen molar-refractivity contribution < 1.29 is 43.9 Å². The van der Waals surface area contributed by atoms with Crippen molar-refractivity contribution in [1.29, 1.82) is 0 Å². The highest BCUT2D eigenvalue weighted by Gasteiger charge is 2.30. The Labute approximate surface area is 121 Å². The van der Waals surface area contributed by atoms with Crippen LogP contribution in [0.1, 0.15) is 11.1 Å². The maximum atomic E-state index is 13.4. The molecular weight excluding hydrogens is 346 g/mol. The third-order valence-electron chi connectivity index (χ3n) is 2.78. The molecule has 0 heterocycles. The zero-order chi connectivity index (χ0) is 17.6. The Morgan fingerprint density at radius 2 is 0.478 bits per heavy atom. The molecule has 2 aromatic carbocycles. The fourth-order valence-electron chi connectivity index (χ4n) is 1.64. The summed E-state index contributed by atoms with van der Waals surface area (Å²) < 4.78 is 131. The molecule has 0 saturated heterocycles. The average molecular weight is 347 g/mol. The van der Waals surface area contributed by atoms with Gasteiger partial charge in [0, 0.05) is 17.5 Å². The van der Waals surface area contributed by atoms with Crippen LogP contribution >= 0.6 is 0 Å². The second kappa shape index (κ2) is 5.74. The van der Waals surface area contributed by atoms with Crippen molar-refractivity contribution in [3.8, 4) is 0 Å². The van der Waals surface area contributed by atoms with Gasteiger partial charge in [-0.05, 0) is 0 Å². The van der Waals surface area contributed by atoms with Gasteiger partial charge in [-0.2, -0.15) is 0 Å². The summed E-state index contributed by atoms with van der Waals surface area (Å²) in [6.07, 6.45) is -0.369. The van der Waals surface area contributed by atoms with E-state index in [1.165, 1.54) is 0 Å². The highest BCUT2D eigenvalue weighted by atomic mass is 19.2. The van der Waals surface area contributed by atoms with E-state index < -0.39 is 69.3 Å². The molecule has 0 saturated carbocycles. The summed E-state index contributed by atoms with van der Waals surface area (Å²) in [5, 5.41) is 0. The molecule has 0 aliphatic rings. The molecule has 0 aromatic heterocycles. The topological polar surface area (TPSA) is 0 Å². The molecule has 0 nitrogen and oxygen atoms in total. The van der Waals surface area contributed by atoms with Gasteiger partial charge in [0.05, 0.1) is 0 Å². The van der Waals surface area contributed by atoms with Gasteiger partial charge in [0.15, 0.2) is 46.5 Å². The molecule has 0 spiro atoms. The van der Waals surface area contributed by atoms with E-state index >= 15 is 0 Å². The normalized spacial score (nSPS) is 11.2. The SMILES string of the molecule is Fc1c(F)c(F)c([CH]c2c(F)c(F)c(F)c(F)c2F)c(F)c1F. The molecule has 0 aliphatic heterocycles. The maximum absolute atomic E-state index is 13.4. The van der Waals surface area contributed by atoms with Gasteiger partial charge in [-0.25, -0.2) is 43.9 Å². The van der Waals surface area contributed by atoms with Gasteiger partial charge in [0.2, 0.25) is 11.6 Å². The number of halogens is 10. The lowest BCUT2D eigenvalue weighted by molar-refractivity contribution is 0.369. The van der Waals surface area contributed by atoms with Crippen LogP contribution in [0.15, 0.2) is 0 Å². The molecule has 23 heavy (non-hydrogen) atoms. The minimum atomic E-state index is -2.55. The number of hydrogen-bond acceptors (Lipinski definition) is 0. The lowest BCUT2D eigenvalue weighted by Gasteiger charge is -2.10. The first-order valence-electron chi connectivity index (χ1n) is 5.47. The first-order chi connectivity index (χ1) is 10.6. The van der Waals surface area contributed by atoms with E-state index in [1.54, 1.807) is 0 Å². The Hall–Kier alpha value is -2.26. The van der Waals surface area contributed by atoms with E-state index in [2.05, 4.69) is 0 Å². The van der Waals surface area contributed by atoms with Crippen LogP contribution in [0.25, 0.3) is 0 Å². The number of benzene rings is 2. The summed E-state index contributed by atoms with van der Waals surface area (Å²) in [6, 6.07) is 0. The molecule has 0 amide bonds. The van der Waals surface area contributed by atoms with Crippen molar-refractivity contribution in [2.45, 2.75) is 0 Å². The van der Waals surface area contributed by atoms with E-state index in [1.807, 2.05) is 0 Å². The van der Waals surface area contributed by atoms with E-state index in [0.29, 0.717) is 0 Å². The van der Waals surface area contributed by atoms with E-state index in [9.17, 15) is 43.9 Å². The van der Waals surface area contributed by atoms with Crippen LogP contribution in [-0.4, -0.2) is 0 Å². The Kier molecular flexibility index (Phi) is 4.27. The summed E-state index contributed by atoms with van der Waals surface area (Å²) in [7, 11) is 0. The molecule has 0 aliphatic carbocycles. The highest BCUT2D eigenvalue weighted by molar-refractivity contribution is 5.42. The van der Waals surface area contributed by atoms with Crippen LogP contribution in [0.4, 0.5) is 43.9 Å². The van der Waals surface area contributed by atoms with Crippen LogP contribution in [-0.2, 0) is 0 Å². The number of hydrogen-bond donors (Lipinski definition) is 0. The third kappa shape index (κ3) is 2.51. The lowest BCUT2D eigenvalue weighted by atomic mass is 10.0. The molecule has 0 fully saturated rings. The highest BCUT2D eigenvalue weighted by Crippen LogP contribution is 2.30. The summed E-state index contributed by atoms with van der Waals surface area (Å²) in [4.78, 5) is 0. The smallest absolute Gasteiger partial charge is 0.200 e. The van der Waals surface area contributed by atoms with Crippen LogP contribution in [0.2, 0.25) is 0 Å². The largest absolute Gasteiger partial charge is 0.203 e. The van der Waals surface area contributed by atoms with Crippen molar-refractivity contribution in [3.05, 3.63) is 75.7 Å². The van der Waals surface area contributed by atoms with Gasteiger partial charge in [0.1, 0.15) is 0 Å². The zero-order valence-electron chi connectivity index (χ0n) is 10.4. The van der Waals surface area contributed by atoms with Gasteiger partial charge >= 0.3 is 0 Å². The standard InChI is InChI=1S/C13HF10/c14-4-2(5(15)9(19)12(22)8(4)18)1-3-6(16)10(20)13(23)11(21)7(3)17/h1H. The molecule has 0 N–H and O–H groups in total. The molecule has 1 radical (unpaired) electrons. The molecule has 0 bridgehead atoms. The summed E-state index contributed by atoms with van der Waals surface area (Å²) in [5.41, 5.74) is -3.71. The van der Waals surface area contributed by atoms with Crippen molar-refractivity contribution in [3.63, 3.8) is 0 Å². The predicted octanol–water partition coefficient (Wildman–Crippen LogP) is 4.68. The second-order valence-electron chi connectivity index (χ2n) is 4.11. The van der Waals surface area contributed by atoms with Crippen LogP contribution in [0.3, 0.4) is 0 Å². The minimum Gasteiger partial charge on any atom is -0.203 e. The third-order valence-corrected chi connectivity index (χ3v) is 2.78. The van der Waals surface area contributed by atoms with Gasteiger partial charge < -0.3 is 0 Å². The van der Waals surface area contributed by atoms with Crippen LogP contribution in [0.5, 0.6) is 0 Å². The van der Waals surface area contributed by atoms with E-state index in [4.69, 9.17) is 0 Å². The summed E-state index contributed by atoms with van der Waals surface area (Å²) in [6.45, 7) is 0. The van der Waals surface area contributed by atoms with Crippen LogP contribution < -0.4 is 0 Å². The fourth-order valence-corrected chi connectivity index (χ4v) is 1.64. The Morgan fingerprint density at radius 1 is 0.304 bits per heavy atom. The second-order valence-corrected chi connectivity index (χ2v) is 4.11. The zero-order valence-corrected chi connectivity index (χ0v) is 10.4. The molecule has 0 atom stereocenters. The van der Waals surface area contributed by atoms with Crippen molar-refractivity contribution >= 4 is 0 Å². The van der Waals surface area contributed by atoms with Crippen molar-refractivity contribution in [1.82, 2.24) is 0 Å². The summed E-state index contributed by atoms with van der Waals surface area (Å²) >= 11 is 0. The van der Waals surface area contributed by atoms with Crippen molar-refractivity contribution in [2.75, 3.05) is 0 Å². The molecule has 2 aromatic rings. The van der Waals surface area contributed by atoms with Gasteiger partial charge in [-0.1, -0.05) is 0 Å². The maximum Gasteiger partial charge on any atom is 0.200 e. The van der Waals surface area contributed by atoms with Crippen molar-refractivity contribution in [2.24, 2.45) is 0 Å². The average Bonchev–Trinajstić information content (AvgIpc) is 2.54. The first kappa shape index (κ1) is 17.1. The van der Waals surface area contributed by atoms with Crippen LogP contribution in [0, 0.1) is 64.6 Å². The van der Waals surface area contributed by atoms with Gasteiger partial charge in [-0.15, -0.1) is 0 Å². The fraction of sp³-hybridized carbons (Fsp3) is 0. The van der Waals surface area contributed by atoms with Gasteiger partial charge in [0.25, 0.3) is 0 Å². The Balaban J connectivity index is 2.71.